The number of benzene rings is 7. The molecular weight excluding hydrogens is 707 g/mol. The van der Waals surface area contributed by atoms with Gasteiger partial charge in [0, 0.05) is 40.0 Å². The molecular formula is C53H41N5. The van der Waals surface area contributed by atoms with Gasteiger partial charge in [-0.05, 0) is 52.4 Å². The Kier molecular flexibility index (Phi) is 9.24. The van der Waals surface area contributed by atoms with Gasteiger partial charge >= 0.3 is 0 Å². The Labute approximate surface area is 339 Å². The van der Waals surface area contributed by atoms with Gasteiger partial charge in [-0.2, -0.15) is 9.97 Å². The summed E-state index contributed by atoms with van der Waals surface area (Å²) in [6.07, 6.45) is 9.92. The van der Waals surface area contributed by atoms with Gasteiger partial charge in [0.05, 0.1) is 16.7 Å². The van der Waals surface area contributed by atoms with Gasteiger partial charge in [-0.3, -0.25) is 4.57 Å². The molecule has 0 bridgehead atoms. The smallest absolute Gasteiger partial charge is 0.238 e. The number of nitrogens with zero attached hydrogens (tertiary/aromatic N) is 5. The number of anilines is 2. The Hall–Kier alpha value is -7.37. The highest BCUT2D eigenvalue weighted by Gasteiger charge is 2.33. The van der Waals surface area contributed by atoms with E-state index in [1.165, 1.54) is 27.9 Å². The monoisotopic (exact) mass is 747 g/mol. The highest BCUT2D eigenvalue weighted by molar-refractivity contribution is 6.14. The van der Waals surface area contributed by atoms with Crippen molar-refractivity contribution in [1.82, 2.24) is 19.5 Å². The molecule has 3 heterocycles. The fourth-order valence-electron chi connectivity index (χ4n) is 8.28. The van der Waals surface area contributed by atoms with E-state index in [4.69, 9.17) is 15.0 Å². The van der Waals surface area contributed by atoms with Crippen LogP contribution in [0.5, 0.6) is 0 Å². The predicted octanol–water partition coefficient (Wildman–Crippen LogP) is 13.4. The molecule has 1 unspecified atom stereocenters. The van der Waals surface area contributed by atoms with Crippen molar-refractivity contribution in [3.05, 3.63) is 206 Å². The summed E-state index contributed by atoms with van der Waals surface area (Å²) in [5, 5.41) is 2.31. The maximum absolute atomic E-state index is 5.34. The van der Waals surface area contributed by atoms with Crippen LogP contribution in [0.1, 0.15) is 24.8 Å². The van der Waals surface area contributed by atoms with Crippen LogP contribution >= 0.6 is 0 Å². The molecule has 0 fully saturated rings. The van der Waals surface area contributed by atoms with Crippen molar-refractivity contribution in [1.29, 1.82) is 0 Å². The van der Waals surface area contributed by atoms with Crippen molar-refractivity contribution in [3.8, 4) is 51.0 Å². The zero-order chi connectivity index (χ0) is 38.8. The van der Waals surface area contributed by atoms with Gasteiger partial charge in [0.25, 0.3) is 0 Å². The molecule has 1 aliphatic rings. The molecule has 278 valence electrons. The molecule has 10 rings (SSSR count). The highest BCUT2D eigenvalue weighted by atomic mass is 15.2. The number of hydrogen-bond acceptors (Lipinski definition) is 4. The lowest BCUT2D eigenvalue weighted by Crippen LogP contribution is -2.16. The first-order valence-corrected chi connectivity index (χ1v) is 20.0. The second kappa shape index (κ2) is 15.3. The SMILES string of the molecule is CC/C=C\C=C/C1CN(c2cccc(-c3ccccc3)c2)c2c1ccc1c3ccccc3n(-c3nc(-c4ccccc4)nc(-c4ccc(-c5ccccc5)cc4)n3)c21. The molecule has 0 radical (unpaired) electrons. The molecule has 0 aliphatic carbocycles. The summed E-state index contributed by atoms with van der Waals surface area (Å²) in [6.45, 7) is 2.97. The second-order valence-electron chi connectivity index (χ2n) is 14.7. The fraction of sp³-hybridized carbons (Fsp3) is 0.0755. The normalized spacial score (nSPS) is 13.9. The fourth-order valence-corrected chi connectivity index (χ4v) is 8.28. The molecule has 5 nitrogen and oxygen atoms in total. The average molecular weight is 748 g/mol. The quantitative estimate of drug-likeness (QED) is 0.138. The van der Waals surface area contributed by atoms with Crippen LogP contribution in [0.4, 0.5) is 11.4 Å². The van der Waals surface area contributed by atoms with E-state index in [-0.39, 0.29) is 5.92 Å². The minimum Gasteiger partial charge on any atom is -0.339 e. The lowest BCUT2D eigenvalue weighted by Gasteiger charge is -2.23. The number of hydrogen-bond donors (Lipinski definition) is 0. The third-order valence-corrected chi connectivity index (χ3v) is 11.1. The molecule has 7 aromatic carbocycles. The summed E-state index contributed by atoms with van der Waals surface area (Å²) >= 11 is 0. The van der Waals surface area contributed by atoms with E-state index in [2.05, 4.69) is 192 Å². The van der Waals surface area contributed by atoms with E-state index in [1.807, 2.05) is 24.3 Å². The minimum absolute atomic E-state index is 0.171. The Morgan fingerprint density at radius 1 is 0.534 bits per heavy atom. The van der Waals surface area contributed by atoms with Crippen LogP contribution in [0.3, 0.4) is 0 Å². The Morgan fingerprint density at radius 3 is 1.83 bits per heavy atom. The summed E-state index contributed by atoms with van der Waals surface area (Å²) in [4.78, 5) is 18.3. The van der Waals surface area contributed by atoms with E-state index < -0.39 is 0 Å². The van der Waals surface area contributed by atoms with E-state index in [1.54, 1.807) is 0 Å². The van der Waals surface area contributed by atoms with Gasteiger partial charge in [-0.25, -0.2) is 4.98 Å². The number of allylic oxidation sites excluding steroid dienone is 3. The van der Waals surface area contributed by atoms with Crippen molar-refractivity contribution >= 4 is 33.2 Å². The number of para-hydroxylation sites is 1. The zero-order valence-electron chi connectivity index (χ0n) is 32.3. The summed E-state index contributed by atoms with van der Waals surface area (Å²) in [6, 6.07) is 62.0. The third kappa shape index (κ3) is 6.47. The molecule has 1 aliphatic heterocycles. The van der Waals surface area contributed by atoms with Gasteiger partial charge in [-0.15, -0.1) is 0 Å². The first kappa shape index (κ1) is 35.1. The van der Waals surface area contributed by atoms with Gasteiger partial charge in [-0.1, -0.05) is 189 Å². The summed E-state index contributed by atoms with van der Waals surface area (Å²) in [5.41, 5.74) is 12.3. The predicted molar refractivity (Wildman–Crippen MR) is 241 cm³/mol. The maximum Gasteiger partial charge on any atom is 0.238 e. The maximum atomic E-state index is 5.34. The summed E-state index contributed by atoms with van der Waals surface area (Å²) in [5.74, 6) is 2.00. The van der Waals surface area contributed by atoms with Crippen LogP contribution in [0.2, 0.25) is 0 Å². The van der Waals surface area contributed by atoms with Crippen molar-refractivity contribution in [2.75, 3.05) is 11.4 Å². The van der Waals surface area contributed by atoms with Crippen LogP contribution < -0.4 is 4.90 Å². The standard InChI is InChI=1S/C53H41N5/c1-2-3-4-8-24-43-36-57(44-26-17-25-42(35-44)38-20-11-6-12-21-38)49-45(43)33-34-47-46-27-15-16-28-48(46)58(50(47)49)53-55-51(40-22-13-7-14-23-40)54-52(56-53)41-31-29-39(30-32-41)37-18-9-5-10-19-37/h3-35,43H,2,36H2,1H3/b4-3-,24-8-. The second-order valence-corrected chi connectivity index (χ2v) is 14.7. The van der Waals surface area contributed by atoms with Crippen LogP contribution in [-0.2, 0) is 0 Å². The molecule has 0 saturated carbocycles. The van der Waals surface area contributed by atoms with Gasteiger partial charge in [0.15, 0.2) is 11.6 Å². The molecule has 0 spiro atoms. The van der Waals surface area contributed by atoms with Gasteiger partial charge in [0.2, 0.25) is 5.95 Å². The van der Waals surface area contributed by atoms with Crippen LogP contribution in [0.25, 0.3) is 72.8 Å². The Bertz CT molecular complexity index is 2950. The van der Waals surface area contributed by atoms with Crippen molar-refractivity contribution in [3.63, 3.8) is 0 Å². The Morgan fingerprint density at radius 2 is 1.12 bits per heavy atom. The number of fused-ring (bicyclic) bond motifs is 5. The molecule has 0 saturated heterocycles. The van der Waals surface area contributed by atoms with E-state index in [9.17, 15) is 0 Å². The first-order valence-electron chi connectivity index (χ1n) is 20.0. The molecule has 0 N–H and O–H groups in total. The van der Waals surface area contributed by atoms with E-state index >= 15 is 0 Å². The Balaban J connectivity index is 1.22. The first-order chi connectivity index (χ1) is 28.7. The number of aromatic nitrogens is 4. The molecule has 2 aromatic heterocycles. The minimum atomic E-state index is 0.171. The lowest BCUT2D eigenvalue weighted by atomic mass is 9.99. The lowest BCUT2D eigenvalue weighted by molar-refractivity contribution is 0.889. The van der Waals surface area contributed by atoms with Crippen molar-refractivity contribution in [2.45, 2.75) is 19.3 Å². The molecule has 9 aromatic rings. The van der Waals surface area contributed by atoms with Gasteiger partial charge in [0.1, 0.15) is 0 Å². The van der Waals surface area contributed by atoms with Crippen LogP contribution in [0.15, 0.2) is 200 Å². The van der Waals surface area contributed by atoms with Crippen LogP contribution in [0, 0.1) is 0 Å². The molecule has 5 heteroatoms. The van der Waals surface area contributed by atoms with E-state index in [0.717, 1.165) is 57.1 Å². The summed E-state index contributed by atoms with van der Waals surface area (Å²) < 4.78 is 2.27. The van der Waals surface area contributed by atoms with Crippen molar-refractivity contribution in [2.24, 2.45) is 0 Å². The molecule has 1 atom stereocenters. The van der Waals surface area contributed by atoms with Crippen molar-refractivity contribution < 1.29 is 0 Å². The zero-order valence-corrected chi connectivity index (χ0v) is 32.3. The van der Waals surface area contributed by atoms with E-state index in [0.29, 0.717) is 17.6 Å². The average Bonchev–Trinajstić information content (AvgIpc) is 3.85. The third-order valence-electron chi connectivity index (χ3n) is 11.1. The molecule has 0 amide bonds. The van der Waals surface area contributed by atoms with Gasteiger partial charge < -0.3 is 4.90 Å². The van der Waals surface area contributed by atoms with Crippen LogP contribution in [-0.4, -0.2) is 26.1 Å². The highest BCUT2D eigenvalue weighted by Crippen LogP contribution is 2.49. The largest absolute Gasteiger partial charge is 0.339 e. The number of rotatable bonds is 9. The molecule has 58 heavy (non-hydrogen) atoms. The summed E-state index contributed by atoms with van der Waals surface area (Å²) in [7, 11) is 0. The topological polar surface area (TPSA) is 46.8 Å².